The van der Waals surface area contributed by atoms with Gasteiger partial charge in [-0.3, -0.25) is 10.2 Å². The van der Waals surface area contributed by atoms with Crippen LogP contribution in [0.1, 0.15) is 30.1 Å². The van der Waals surface area contributed by atoms with Gasteiger partial charge in [-0.15, -0.1) is 0 Å². The first-order valence-electron chi connectivity index (χ1n) is 9.88. The highest BCUT2D eigenvalue weighted by molar-refractivity contribution is 5.97. The van der Waals surface area contributed by atoms with Gasteiger partial charge in [0.1, 0.15) is 41.2 Å². The number of nitrogens with two attached hydrogens (primary N) is 1. The zero-order valence-corrected chi connectivity index (χ0v) is 16.5. The molecular weight excluding hydrogens is 401 g/mol. The lowest BCUT2D eigenvalue weighted by Crippen LogP contribution is -2.30. The summed E-state index contributed by atoms with van der Waals surface area (Å²) in [6.45, 7) is 0.258. The van der Waals surface area contributed by atoms with Gasteiger partial charge in [-0.2, -0.15) is 0 Å². The number of aromatic amines is 2. The molecule has 1 atom stereocenters. The van der Waals surface area contributed by atoms with Crippen LogP contribution >= 0.6 is 0 Å². The maximum absolute atomic E-state index is 14.1. The number of benzene rings is 2. The summed E-state index contributed by atoms with van der Waals surface area (Å²) in [6.07, 6.45) is 1.55. The standard InChI is InChI=1S/C21H20FN7O2/c22-11-6-15-20(16(7-11)31-9-12-2-4-19(30)25-12)29-18(28-15)8-17-26-13-3-1-10(21(23)24)5-14(13)27-17/h1,3,5-7,12H,2,4,8-9H2,(H3,23,24)(H,25,30)(H,26,27)(H,28,29)/t12-/m1/s1. The topological polar surface area (TPSA) is 146 Å². The van der Waals surface area contributed by atoms with Gasteiger partial charge in [0.05, 0.1) is 29.0 Å². The van der Waals surface area contributed by atoms with Crippen LogP contribution in [-0.2, 0) is 11.2 Å². The van der Waals surface area contributed by atoms with Gasteiger partial charge in [-0.1, -0.05) is 0 Å². The highest BCUT2D eigenvalue weighted by Gasteiger charge is 2.22. The fraction of sp³-hybridized carbons (Fsp3) is 0.238. The van der Waals surface area contributed by atoms with Crippen LogP contribution in [0.25, 0.3) is 22.1 Å². The molecule has 10 heteroatoms. The summed E-state index contributed by atoms with van der Waals surface area (Å²) in [5.74, 6) is 1.16. The largest absolute Gasteiger partial charge is 0.489 e. The molecule has 1 aliphatic rings. The van der Waals surface area contributed by atoms with Gasteiger partial charge in [-0.25, -0.2) is 14.4 Å². The van der Waals surface area contributed by atoms with Crippen LogP contribution in [0, 0.1) is 11.2 Å². The molecule has 4 aromatic rings. The number of carbonyl (C=O) groups is 1. The summed E-state index contributed by atoms with van der Waals surface area (Å²) < 4.78 is 19.9. The van der Waals surface area contributed by atoms with Crippen molar-refractivity contribution in [1.29, 1.82) is 5.41 Å². The van der Waals surface area contributed by atoms with Gasteiger partial charge in [-0.05, 0) is 30.7 Å². The van der Waals surface area contributed by atoms with Crippen molar-refractivity contribution in [2.75, 3.05) is 6.61 Å². The zero-order chi connectivity index (χ0) is 21.5. The van der Waals surface area contributed by atoms with Crippen molar-refractivity contribution >= 4 is 33.8 Å². The van der Waals surface area contributed by atoms with E-state index in [0.29, 0.717) is 53.3 Å². The molecule has 6 N–H and O–H groups in total. The van der Waals surface area contributed by atoms with Crippen LogP contribution in [0.3, 0.4) is 0 Å². The second-order valence-corrected chi connectivity index (χ2v) is 7.60. The number of fused-ring (bicyclic) bond motifs is 2. The Labute approximate surface area is 175 Å². The zero-order valence-electron chi connectivity index (χ0n) is 16.5. The second kappa shape index (κ2) is 7.38. The Hall–Kier alpha value is -3.95. The number of imidazole rings is 2. The first kappa shape index (κ1) is 19.0. The van der Waals surface area contributed by atoms with E-state index in [2.05, 4.69) is 25.3 Å². The van der Waals surface area contributed by atoms with Gasteiger partial charge < -0.3 is 25.8 Å². The average molecular weight is 421 g/mol. The fourth-order valence-electron chi connectivity index (χ4n) is 3.76. The number of aromatic nitrogens is 4. The molecule has 0 saturated carbocycles. The van der Waals surface area contributed by atoms with Gasteiger partial charge in [0.15, 0.2) is 0 Å². The average Bonchev–Trinajstić information content (AvgIpc) is 3.43. The Kier molecular flexibility index (Phi) is 4.54. The second-order valence-electron chi connectivity index (χ2n) is 7.60. The molecule has 1 amide bonds. The summed E-state index contributed by atoms with van der Waals surface area (Å²) in [7, 11) is 0. The molecule has 2 aromatic carbocycles. The van der Waals surface area contributed by atoms with Crippen molar-refractivity contribution in [3.63, 3.8) is 0 Å². The van der Waals surface area contributed by atoms with Gasteiger partial charge >= 0.3 is 0 Å². The number of H-pyrrole nitrogens is 2. The van der Waals surface area contributed by atoms with Crippen LogP contribution in [0.5, 0.6) is 5.75 Å². The summed E-state index contributed by atoms with van der Waals surface area (Å²) in [4.78, 5) is 26.8. The summed E-state index contributed by atoms with van der Waals surface area (Å²) in [5.41, 5.74) is 8.73. The number of rotatable bonds is 6. The SMILES string of the molecule is N=C(N)c1ccc2nc(Cc3nc4c(OC[C@H]5CCC(=O)N5)cc(F)cc4[nH]3)[nH]c2c1. The third-order valence-electron chi connectivity index (χ3n) is 5.27. The predicted octanol–water partition coefficient (Wildman–Crippen LogP) is 2.11. The summed E-state index contributed by atoms with van der Waals surface area (Å²) in [5, 5.41) is 10.4. The molecule has 0 aliphatic carbocycles. The van der Waals surface area contributed by atoms with E-state index in [1.54, 1.807) is 18.2 Å². The molecular formula is C21H20FN7O2. The number of hydrogen-bond donors (Lipinski definition) is 5. The Morgan fingerprint density at radius 1 is 1.19 bits per heavy atom. The van der Waals surface area contributed by atoms with Crippen LogP contribution < -0.4 is 15.8 Å². The van der Waals surface area contributed by atoms with Crippen molar-refractivity contribution in [2.45, 2.75) is 25.3 Å². The Morgan fingerprint density at radius 2 is 2.00 bits per heavy atom. The van der Waals surface area contributed by atoms with Gasteiger partial charge in [0, 0.05) is 18.1 Å². The van der Waals surface area contributed by atoms with E-state index < -0.39 is 5.82 Å². The van der Waals surface area contributed by atoms with Gasteiger partial charge in [0.2, 0.25) is 5.91 Å². The Bertz CT molecular complexity index is 1330. The van der Waals surface area contributed by atoms with Gasteiger partial charge in [0.25, 0.3) is 0 Å². The molecule has 31 heavy (non-hydrogen) atoms. The highest BCUT2D eigenvalue weighted by Crippen LogP contribution is 2.27. The molecule has 158 valence electrons. The molecule has 1 saturated heterocycles. The lowest BCUT2D eigenvalue weighted by Gasteiger charge is -2.12. The maximum atomic E-state index is 14.1. The van der Waals surface area contributed by atoms with Crippen molar-refractivity contribution in [2.24, 2.45) is 5.73 Å². The van der Waals surface area contributed by atoms with Crippen LogP contribution in [0.4, 0.5) is 4.39 Å². The molecule has 5 rings (SSSR count). The summed E-state index contributed by atoms with van der Waals surface area (Å²) in [6, 6.07) is 7.90. The third-order valence-corrected chi connectivity index (χ3v) is 5.27. The fourth-order valence-corrected chi connectivity index (χ4v) is 3.76. The number of nitrogens with one attached hydrogen (secondary N) is 4. The van der Waals surface area contributed by atoms with E-state index in [1.807, 2.05) is 0 Å². The first-order chi connectivity index (χ1) is 14.9. The number of nitrogen functional groups attached to an aromatic ring is 1. The van der Waals surface area contributed by atoms with Crippen LogP contribution in [0.2, 0.25) is 0 Å². The molecule has 3 heterocycles. The number of halogens is 1. The van der Waals surface area contributed by atoms with E-state index in [0.717, 1.165) is 11.0 Å². The van der Waals surface area contributed by atoms with E-state index in [-0.39, 0.29) is 24.4 Å². The monoisotopic (exact) mass is 421 g/mol. The lowest BCUT2D eigenvalue weighted by atomic mass is 10.2. The lowest BCUT2D eigenvalue weighted by molar-refractivity contribution is -0.119. The minimum Gasteiger partial charge on any atom is -0.489 e. The number of amidine groups is 1. The quantitative estimate of drug-likeness (QED) is 0.239. The van der Waals surface area contributed by atoms with E-state index in [1.165, 1.54) is 12.1 Å². The number of nitrogens with zero attached hydrogens (tertiary/aromatic N) is 2. The van der Waals surface area contributed by atoms with Crippen LogP contribution in [-0.4, -0.2) is 44.3 Å². The van der Waals surface area contributed by atoms with E-state index >= 15 is 0 Å². The molecule has 0 unspecified atom stereocenters. The molecule has 2 aromatic heterocycles. The Morgan fingerprint density at radius 3 is 2.77 bits per heavy atom. The minimum atomic E-state index is -0.436. The molecule has 1 fully saturated rings. The predicted molar refractivity (Wildman–Crippen MR) is 113 cm³/mol. The third kappa shape index (κ3) is 3.79. The van der Waals surface area contributed by atoms with Crippen LogP contribution in [0.15, 0.2) is 30.3 Å². The van der Waals surface area contributed by atoms with Crippen molar-refractivity contribution in [3.8, 4) is 5.75 Å². The number of hydrogen-bond acceptors (Lipinski definition) is 5. The van der Waals surface area contributed by atoms with Crippen molar-refractivity contribution < 1.29 is 13.9 Å². The number of amides is 1. The molecule has 9 nitrogen and oxygen atoms in total. The van der Waals surface area contributed by atoms with E-state index in [4.69, 9.17) is 15.9 Å². The number of carbonyl (C=O) groups excluding carboxylic acids is 1. The smallest absolute Gasteiger partial charge is 0.220 e. The number of ether oxygens (including phenoxy) is 1. The normalized spacial score (nSPS) is 16.2. The summed E-state index contributed by atoms with van der Waals surface area (Å²) >= 11 is 0. The molecule has 1 aliphatic heterocycles. The highest BCUT2D eigenvalue weighted by atomic mass is 19.1. The maximum Gasteiger partial charge on any atom is 0.220 e. The van der Waals surface area contributed by atoms with E-state index in [9.17, 15) is 9.18 Å². The Balaban J connectivity index is 1.39. The minimum absolute atomic E-state index is 0.00121. The van der Waals surface area contributed by atoms with Crippen molar-refractivity contribution in [3.05, 3.63) is 53.4 Å². The van der Waals surface area contributed by atoms with Crippen molar-refractivity contribution in [1.82, 2.24) is 25.3 Å². The molecule has 0 radical (unpaired) electrons. The first-order valence-corrected chi connectivity index (χ1v) is 9.88. The molecule has 0 bridgehead atoms. The molecule has 0 spiro atoms.